The Morgan fingerprint density at radius 1 is 1.09 bits per heavy atom. The summed E-state index contributed by atoms with van der Waals surface area (Å²) in [6.45, 7) is 7.82. The first-order valence-electron chi connectivity index (χ1n) is 11.3. The standard InChI is InChI=1S/C26H27N3O3S/c1-15-5-12-19-21(13-15)33-23(27-19)16-8-10-18(11-9-16)28-22(30)14-20(25(28)32)29(26(2,3)4)24(31)17-6-7-17/h5,8-13,17,20H,6-7,14H2,1-4H3. The number of aromatic nitrogens is 1. The van der Waals surface area contributed by atoms with Crippen molar-refractivity contribution in [3.05, 3.63) is 48.0 Å². The van der Waals surface area contributed by atoms with Crippen LogP contribution in [0.25, 0.3) is 20.8 Å². The Hall–Kier alpha value is -3.06. The molecule has 2 heterocycles. The van der Waals surface area contributed by atoms with Crippen LogP contribution in [0.5, 0.6) is 0 Å². The third-order valence-corrected chi connectivity index (χ3v) is 7.30. The van der Waals surface area contributed by atoms with Crippen molar-refractivity contribution in [3.63, 3.8) is 0 Å². The van der Waals surface area contributed by atoms with Crippen LogP contribution in [0.3, 0.4) is 0 Å². The Kier molecular flexibility index (Phi) is 5.12. The quantitative estimate of drug-likeness (QED) is 0.516. The molecule has 6 nitrogen and oxygen atoms in total. The Labute approximate surface area is 197 Å². The molecule has 0 N–H and O–H groups in total. The van der Waals surface area contributed by atoms with Gasteiger partial charge in [0.25, 0.3) is 5.91 Å². The van der Waals surface area contributed by atoms with E-state index >= 15 is 0 Å². The predicted molar refractivity (Wildman–Crippen MR) is 130 cm³/mol. The summed E-state index contributed by atoms with van der Waals surface area (Å²) in [5.74, 6) is -0.631. The maximum atomic E-state index is 13.4. The fourth-order valence-electron chi connectivity index (χ4n) is 4.48. The Balaban J connectivity index is 1.41. The lowest BCUT2D eigenvalue weighted by Crippen LogP contribution is -2.55. The number of carbonyl (C=O) groups excluding carboxylic acids is 3. The lowest BCUT2D eigenvalue weighted by atomic mass is 10.0. The maximum Gasteiger partial charge on any atom is 0.257 e. The second-order valence-corrected chi connectivity index (χ2v) is 11.0. The molecular formula is C26H27N3O3S. The van der Waals surface area contributed by atoms with Gasteiger partial charge in [-0.25, -0.2) is 9.88 Å². The number of fused-ring (bicyclic) bond motifs is 1. The first-order chi connectivity index (χ1) is 15.6. The van der Waals surface area contributed by atoms with Crippen LogP contribution in [0, 0.1) is 12.8 Å². The molecule has 2 fully saturated rings. The number of aryl methyl sites for hydroxylation is 1. The van der Waals surface area contributed by atoms with Crippen molar-refractivity contribution in [1.82, 2.24) is 9.88 Å². The van der Waals surface area contributed by atoms with E-state index in [1.54, 1.807) is 28.4 Å². The van der Waals surface area contributed by atoms with Gasteiger partial charge in [-0.05, 0) is 82.5 Å². The van der Waals surface area contributed by atoms with Gasteiger partial charge in [-0.1, -0.05) is 6.07 Å². The number of hydrogen-bond donors (Lipinski definition) is 0. The van der Waals surface area contributed by atoms with Crippen LogP contribution in [-0.2, 0) is 14.4 Å². The molecule has 7 heteroatoms. The second-order valence-electron chi connectivity index (χ2n) is 9.98. The summed E-state index contributed by atoms with van der Waals surface area (Å²) in [7, 11) is 0. The van der Waals surface area contributed by atoms with E-state index < -0.39 is 11.6 Å². The topological polar surface area (TPSA) is 70.6 Å². The van der Waals surface area contributed by atoms with Gasteiger partial charge in [0.05, 0.1) is 22.3 Å². The van der Waals surface area contributed by atoms with Gasteiger partial charge in [0.1, 0.15) is 11.0 Å². The van der Waals surface area contributed by atoms with Crippen molar-refractivity contribution in [2.45, 2.75) is 58.5 Å². The highest BCUT2D eigenvalue weighted by atomic mass is 32.1. The van der Waals surface area contributed by atoms with Crippen LogP contribution in [0.4, 0.5) is 5.69 Å². The van der Waals surface area contributed by atoms with Gasteiger partial charge in [0.2, 0.25) is 11.8 Å². The molecule has 3 amide bonds. The molecule has 1 saturated heterocycles. The molecule has 1 aliphatic heterocycles. The molecule has 0 radical (unpaired) electrons. The molecular weight excluding hydrogens is 434 g/mol. The summed E-state index contributed by atoms with van der Waals surface area (Å²) in [4.78, 5) is 46.8. The van der Waals surface area contributed by atoms with Gasteiger partial charge in [-0.3, -0.25) is 14.4 Å². The van der Waals surface area contributed by atoms with Crippen LogP contribution < -0.4 is 4.90 Å². The smallest absolute Gasteiger partial charge is 0.257 e. The number of amides is 3. The highest BCUT2D eigenvalue weighted by Crippen LogP contribution is 2.38. The number of benzene rings is 2. The van der Waals surface area contributed by atoms with E-state index in [-0.39, 0.29) is 30.1 Å². The molecule has 0 spiro atoms. The van der Waals surface area contributed by atoms with Gasteiger partial charge < -0.3 is 4.90 Å². The summed E-state index contributed by atoms with van der Waals surface area (Å²) < 4.78 is 1.13. The minimum Gasteiger partial charge on any atom is -0.325 e. The number of nitrogens with zero attached hydrogens (tertiary/aromatic N) is 3. The molecule has 1 atom stereocenters. The molecule has 1 aromatic heterocycles. The predicted octanol–water partition coefficient (Wildman–Crippen LogP) is 4.94. The first-order valence-corrected chi connectivity index (χ1v) is 12.1. The van der Waals surface area contributed by atoms with Crippen molar-refractivity contribution in [2.75, 3.05) is 4.90 Å². The minimum absolute atomic E-state index is 0.0157. The Morgan fingerprint density at radius 3 is 2.42 bits per heavy atom. The lowest BCUT2D eigenvalue weighted by Gasteiger charge is -2.39. The second kappa shape index (κ2) is 7.76. The van der Waals surface area contributed by atoms with Crippen molar-refractivity contribution in [2.24, 2.45) is 5.92 Å². The normalized spacial score (nSPS) is 18.9. The van der Waals surface area contributed by atoms with E-state index in [2.05, 4.69) is 13.0 Å². The van der Waals surface area contributed by atoms with Crippen LogP contribution in [0.1, 0.15) is 45.6 Å². The van der Waals surface area contributed by atoms with Crippen LogP contribution in [-0.4, -0.2) is 39.2 Å². The molecule has 0 bridgehead atoms. The summed E-state index contributed by atoms with van der Waals surface area (Å²) in [5.41, 5.74) is 3.08. The van der Waals surface area contributed by atoms with Crippen LogP contribution in [0.15, 0.2) is 42.5 Å². The van der Waals surface area contributed by atoms with Crippen molar-refractivity contribution in [3.8, 4) is 10.6 Å². The molecule has 2 aromatic carbocycles. The molecule has 170 valence electrons. The van der Waals surface area contributed by atoms with Crippen LogP contribution in [0.2, 0.25) is 0 Å². The SMILES string of the molecule is Cc1ccc2nc(-c3ccc(N4C(=O)CC(N(C(=O)C5CC5)C(C)(C)C)C4=O)cc3)sc2c1. The Bertz CT molecular complexity index is 1270. The van der Waals surface area contributed by atoms with E-state index in [9.17, 15) is 14.4 Å². The summed E-state index contributed by atoms with van der Waals surface area (Å²) >= 11 is 1.62. The minimum atomic E-state index is -0.752. The fourth-order valence-corrected chi connectivity index (χ4v) is 5.55. The van der Waals surface area contributed by atoms with Gasteiger partial charge in [0, 0.05) is 17.0 Å². The van der Waals surface area contributed by atoms with E-state index in [0.29, 0.717) is 5.69 Å². The third-order valence-electron chi connectivity index (χ3n) is 6.24. The monoisotopic (exact) mass is 461 g/mol. The number of hydrogen-bond acceptors (Lipinski definition) is 5. The fraction of sp³-hybridized carbons (Fsp3) is 0.385. The number of rotatable bonds is 4. The summed E-state index contributed by atoms with van der Waals surface area (Å²) in [6, 6.07) is 12.8. The molecule has 3 aromatic rings. The zero-order valence-corrected chi connectivity index (χ0v) is 20.1. The largest absolute Gasteiger partial charge is 0.325 e. The van der Waals surface area contributed by atoms with E-state index in [1.807, 2.05) is 45.0 Å². The molecule has 2 aliphatic rings. The summed E-state index contributed by atoms with van der Waals surface area (Å²) in [5, 5.41) is 0.896. The molecule has 1 unspecified atom stereocenters. The average molecular weight is 462 g/mol. The molecule has 5 rings (SSSR count). The third kappa shape index (κ3) is 3.95. The van der Waals surface area contributed by atoms with E-state index in [4.69, 9.17) is 4.98 Å². The maximum absolute atomic E-state index is 13.4. The number of thiazole rings is 1. The van der Waals surface area contributed by atoms with Gasteiger partial charge in [0.15, 0.2) is 0 Å². The van der Waals surface area contributed by atoms with Crippen molar-refractivity contribution in [1.29, 1.82) is 0 Å². The highest BCUT2D eigenvalue weighted by Gasteiger charge is 2.50. The zero-order chi connectivity index (χ0) is 23.5. The Morgan fingerprint density at radius 2 is 1.79 bits per heavy atom. The van der Waals surface area contributed by atoms with Gasteiger partial charge >= 0.3 is 0 Å². The molecule has 33 heavy (non-hydrogen) atoms. The molecule has 1 aliphatic carbocycles. The van der Waals surface area contributed by atoms with Crippen LogP contribution >= 0.6 is 11.3 Å². The number of imide groups is 1. The number of anilines is 1. The highest BCUT2D eigenvalue weighted by molar-refractivity contribution is 7.21. The van der Waals surface area contributed by atoms with E-state index in [1.165, 1.54) is 10.5 Å². The summed E-state index contributed by atoms with van der Waals surface area (Å²) in [6.07, 6.45) is 1.74. The zero-order valence-electron chi connectivity index (χ0n) is 19.3. The van der Waals surface area contributed by atoms with Gasteiger partial charge in [-0.2, -0.15) is 0 Å². The molecule has 1 saturated carbocycles. The lowest BCUT2D eigenvalue weighted by molar-refractivity contribution is -0.145. The van der Waals surface area contributed by atoms with Crippen molar-refractivity contribution < 1.29 is 14.4 Å². The first kappa shape index (κ1) is 21.8. The van der Waals surface area contributed by atoms with Gasteiger partial charge in [-0.15, -0.1) is 11.3 Å². The van der Waals surface area contributed by atoms with E-state index in [0.717, 1.165) is 33.6 Å². The van der Waals surface area contributed by atoms with Crippen molar-refractivity contribution >= 4 is 45.0 Å². The average Bonchev–Trinajstić information content (AvgIpc) is 3.46. The number of carbonyl (C=O) groups is 3.